The van der Waals surface area contributed by atoms with Crippen molar-refractivity contribution >= 4 is 16.9 Å². The molecule has 1 aliphatic carbocycles. The molecule has 0 radical (unpaired) electrons. The largest absolute Gasteiger partial charge is 0.349 e. The molecule has 0 aliphatic heterocycles. The number of carbonyl (C=O) groups excluding carboxylic acids is 1. The normalized spacial score (nSPS) is 14.8. The van der Waals surface area contributed by atoms with Gasteiger partial charge in [-0.05, 0) is 37.8 Å². The smallest absolute Gasteiger partial charge is 0.223 e. The number of rotatable bonds is 6. The average molecular weight is 285 g/mol. The quantitative estimate of drug-likeness (QED) is 0.884. The topological polar surface area (TPSA) is 46.9 Å². The van der Waals surface area contributed by atoms with Gasteiger partial charge >= 0.3 is 0 Å². The molecule has 4 nitrogen and oxygen atoms in total. The number of nitrogens with zero attached hydrogens (tertiary/aromatic N) is 2. The number of carbonyl (C=O) groups is 1. The van der Waals surface area contributed by atoms with Gasteiger partial charge in [0.15, 0.2) is 0 Å². The van der Waals surface area contributed by atoms with Crippen molar-refractivity contribution in [2.45, 2.75) is 52.1 Å². The summed E-state index contributed by atoms with van der Waals surface area (Å²) in [6.07, 6.45) is 4.21. The third-order valence-corrected chi connectivity index (χ3v) is 4.36. The molecule has 1 N–H and O–H groups in total. The molecule has 0 saturated heterocycles. The van der Waals surface area contributed by atoms with Gasteiger partial charge in [0, 0.05) is 12.0 Å². The van der Waals surface area contributed by atoms with E-state index in [-0.39, 0.29) is 11.8 Å². The standard InChI is InChI=1S/C17H23N3O/c1-3-12(4-2)17(21)18-11-16-19-14-7-5-6-8-15(14)20(16)13-9-10-13/h5-8,12-13H,3-4,9-11H2,1-2H3,(H,18,21). The van der Waals surface area contributed by atoms with E-state index < -0.39 is 0 Å². The molecule has 0 unspecified atom stereocenters. The molecule has 1 saturated carbocycles. The third-order valence-electron chi connectivity index (χ3n) is 4.36. The SMILES string of the molecule is CCC(CC)C(=O)NCc1nc2ccccc2n1C1CC1. The fourth-order valence-electron chi connectivity index (χ4n) is 2.93. The number of benzene rings is 1. The Morgan fingerprint density at radius 2 is 2.05 bits per heavy atom. The summed E-state index contributed by atoms with van der Waals surface area (Å²) in [6, 6.07) is 8.79. The Morgan fingerprint density at radius 3 is 2.71 bits per heavy atom. The fourth-order valence-corrected chi connectivity index (χ4v) is 2.93. The second-order valence-electron chi connectivity index (χ2n) is 5.85. The molecular weight excluding hydrogens is 262 g/mol. The second kappa shape index (κ2) is 5.88. The van der Waals surface area contributed by atoms with Gasteiger partial charge in [-0.1, -0.05) is 26.0 Å². The molecule has 0 bridgehead atoms. The highest BCUT2D eigenvalue weighted by atomic mass is 16.1. The van der Waals surface area contributed by atoms with Gasteiger partial charge < -0.3 is 9.88 Å². The first-order valence-corrected chi connectivity index (χ1v) is 7.98. The zero-order valence-corrected chi connectivity index (χ0v) is 12.8. The Morgan fingerprint density at radius 1 is 1.33 bits per heavy atom. The van der Waals surface area contributed by atoms with Gasteiger partial charge in [-0.25, -0.2) is 4.98 Å². The van der Waals surface area contributed by atoms with E-state index in [1.807, 2.05) is 12.1 Å². The predicted molar refractivity (Wildman–Crippen MR) is 83.9 cm³/mol. The van der Waals surface area contributed by atoms with Gasteiger partial charge in [-0.2, -0.15) is 0 Å². The van der Waals surface area contributed by atoms with Crippen LogP contribution < -0.4 is 5.32 Å². The maximum Gasteiger partial charge on any atom is 0.223 e. The van der Waals surface area contributed by atoms with E-state index in [1.54, 1.807) is 0 Å². The number of para-hydroxylation sites is 2. The highest BCUT2D eigenvalue weighted by Crippen LogP contribution is 2.38. The lowest BCUT2D eigenvalue weighted by atomic mass is 10.0. The lowest BCUT2D eigenvalue weighted by Crippen LogP contribution is -2.30. The molecular formula is C17H23N3O. The van der Waals surface area contributed by atoms with Crippen LogP contribution in [0.25, 0.3) is 11.0 Å². The number of hydrogen-bond acceptors (Lipinski definition) is 2. The van der Waals surface area contributed by atoms with Crippen LogP contribution in [0.3, 0.4) is 0 Å². The Hall–Kier alpha value is -1.84. The van der Waals surface area contributed by atoms with E-state index in [1.165, 1.54) is 18.4 Å². The molecule has 21 heavy (non-hydrogen) atoms. The number of nitrogens with one attached hydrogen (secondary N) is 1. The van der Waals surface area contributed by atoms with E-state index in [4.69, 9.17) is 4.98 Å². The van der Waals surface area contributed by atoms with Crippen LogP contribution in [0.1, 0.15) is 51.4 Å². The lowest BCUT2D eigenvalue weighted by Gasteiger charge is -2.13. The van der Waals surface area contributed by atoms with Crippen molar-refractivity contribution in [2.24, 2.45) is 5.92 Å². The van der Waals surface area contributed by atoms with E-state index in [9.17, 15) is 4.79 Å². The third kappa shape index (κ3) is 2.80. The maximum atomic E-state index is 12.1. The minimum Gasteiger partial charge on any atom is -0.349 e. The van der Waals surface area contributed by atoms with Gasteiger partial charge in [0.05, 0.1) is 17.6 Å². The monoisotopic (exact) mass is 285 g/mol. The van der Waals surface area contributed by atoms with Crippen LogP contribution >= 0.6 is 0 Å². The summed E-state index contributed by atoms with van der Waals surface area (Å²) >= 11 is 0. The van der Waals surface area contributed by atoms with Gasteiger partial charge in [-0.3, -0.25) is 4.79 Å². The van der Waals surface area contributed by atoms with Crippen LogP contribution in [0.2, 0.25) is 0 Å². The van der Waals surface area contributed by atoms with Crippen LogP contribution in [-0.4, -0.2) is 15.5 Å². The van der Waals surface area contributed by atoms with Crippen LogP contribution in [0.4, 0.5) is 0 Å². The zero-order chi connectivity index (χ0) is 14.8. The second-order valence-corrected chi connectivity index (χ2v) is 5.85. The highest BCUT2D eigenvalue weighted by Gasteiger charge is 2.28. The molecule has 0 spiro atoms. The molecule has 1 fully saturated rings. The Bertz CT molecular complexity index is 639. The van der Waals surface area contributed by atoms with Crippen molar-refractivity contribution in [1.82, 2.24) is 14.9 Å². The fraction of sp³-hybridized carbons (Fsp3) is 0.529. The van der Waals surface area contributed by atoms with Crippen molar-refractivity contribution < 1.29 is 4.79 Å². The van der Waals surface area contributed by atoms with Crippen LogP contribution in [-0.2, 0) is 11.3 Å². The minimum atomic E-state index is 0.115. The molecule has 4 heteroatoms. The van der Waals surface area contributed by atoms with Gasteiger partial charge in [0.1, 0.15) is 5.82 Å². The minimum absolute atomic E-state index is 0.115. The van der Waals surface area contributed by atoms with Crippen LogP contribution in [0, 0.1) is 5.92 Å². The van der Waals surface area contributed by atoms with Gasteiger partial charge in [0.2, 0.25) is 5.91 Å². The first-order chi connectivity index (χ1) is 10.2. The molecule has 112 valence electrons. The maximum absolute atomic E-state index is 12.1. The van der Waals surface area contributed by atoms with Gasteiger partial charge in [0.25, 0.3) is 0 Å². The molecule has 1 aliphatic rings. The summed E-state index contributed by atoms with van der Waals surface area (Å²) in [7, 11) is 0. The summed E-state index contributed by atoms with van der Waals surface area (Å²) in [6.45, 7) is 4.65. The first-order valence-electron chi connectivity index (χ1n) is 7.98. The summed E-state index contributed by atoms with van der Waals surface area (Å²) in [5.41, 5.74) is 2.21. The molecule has 1 heterocycles. The van der Waals surface area contributed by atoms with E-state index in [0.717, 1.165) is 24.2 Å². The molecule has 3 rings (SSSR count). The molecule has 1 aromatic heterocycles. The number of hydrogen-bond donors (Lipinski definition) is 1. The molecule has 1 amide bonds. The van der Waals surface area contributed by atoms with E-state index >= 15 is 0 Å². The number of amides is 1. The molecule has 2 aromatic rings. The van der Waals surface area contributed by atoms with E-state index in [2.05, 4.69) is 35.9 Å². The molecule has 0 atom stereocenters. The van der Waals surface area contributed by atoms with Crippen LogP contribution in [0.5, 0.6) is 0 Å². The summed E-state index contributed by atoms with van der Waals surface area (Å²) < 4.78 is 2.31. The summed E-state index contributed by atoms with van der Waals surface area (Å²) in [5.74, 6) is 1.25. The Balaban J connectivity index is 1.80. The van der Waals surface area contributed by atoms with Crippen molar-refractivity contribution in [3.8, 4) is 0 Å². The van der Waals surface area contributed by atoms with Crippen LogP contribution in [0.15, 0.2) is 24.3 Å². The van der Waals surface area contributed by atoms with Gasteiger partial charge in [-0.15, -0.1) is 0 Å². The average Bonchev–Trinajstić information content (AvgIpc) is 3.27. The summed E-state index contributed by atoms with van der Waals surface area (Å²) in [4.78, 5) is 16.8. The predicted octanol–water partition coefficient (Wildman–Crippen LogP) is 3.42. The number of aromatic nitrogens is 2. The Kier molecular flexibility index (Phi) is 3.95. The van der Waals surface area contributed by atoms with Crippen molar-refractivity contribution in [2.75, 3.05) is 0 Å². The first kappa shape index (κ1) is 14.1. The molecule has 1 aromatic carbocycles. The van der Waals surface area contributed by atoms with Crippen molar-refractivity contribution in [1.29, 1.82) is 0 Å². The Labute approximate surface area is 125 Å². The van der Waals surface area contributed by atoms with Crippen molar-refractivity contribution in [3.05, 3.63) is 30.1 Å². The van der Waals surface area contributed by atoms with Crippen molar-refractivity contribution in [3.63, 3.8) is 0 Å². The lowest BCUT2D eigenvalue weighted by molar-refractivity contribution is -0.125. The number of imidazole rings is 1. The zero-order valence-electron chi connectivity index (χ0n) is 12.8. The highest BCUT2D eigenvalue weighted by molar-refractivity contribution is 5.79. The summed E-state index contributed by atoms with van der Waals surface area (Å²) in [5, 5.41) is 3.06. The van der Waals surface area contributed by atoms with E-state index in [0.29, 0.717) is 12.6 Å². The number of fused-ring (bicyclic) bond motifs is 1.